The van der Waals surface area contributed by atoms with Gasteiger partial charge in [0.25, 0.3) is 5.91 Å². The van der Waals surface area contributed by atoms with Crippen molar-refractivity contribution in [3.63, 3.8) is 0 Å². The van der Waals surface area contributed by atoms with Gasteiger partial charge in [-0.3, -0.25) is 9.36 Å². The van der Waals surface area contributed by atoms with Gasteiger partial charge in [0.15, 0.2) is 0 Å². The number of amides is 1. The third-order valence-corrected chi connectivity index (χ3v) is 6.97. The van der Waals surface area contributed by atoms with Crippen molar-refractivity contribution in [1.29, 1.82) is 0 Å². The first kappa shape index (κ1) is 26.1. The molecule has 0 radical (unpaired) electrons. The van der Waals surface area contributed by atoms with Crippen molar-refractivity contribution in [2.75, 3.05) is 24.7 Å². The van der Waals surface area contributed by atoms with Crippen molar-refractivity contribution in [3.8, 4) is 0 Å². The average molecular weight is 525 g/mol. The molecule has 0 saturated carbocycles. The van der Waals surface area contributed by atoms with Crippen LogP contribution in [0.1, 0.15) is 45.5 Å². The second-order valence-corrected chi connectivity index (χ2v) is 9.56. The first-order valence-electron chi connectivity index (χ1n) is 13.1. The van der Waals surface area contributed by atoms with E-state index in [4.69, 9.17) is 10.2 Å². The molecule has 39 heavy (non-hydrogen) atoms. The molecule has 1 aliphatic heterocycles. The molecule has 1 atom stereocenters. The Morgan fingerprint density at radius 3 is 2.36 bits per heavy atom. The lowest BCUT2D eigenvalue weighted by Crippen LogP contribution is -2.26. The maximum atomic E-state index is 13.1. The Labute approximate surface area is 227 Å². The van der Waals surface area contributed by atoms with Crippen molar-refractivity contribution in [1.82, 2.24) is 19.7 Å². The molecule has 4 aromatic rings. The Kier molecular flexibility index (Phi) is 7.69. The van der Waals surface area contributed by atoms with E-state index in [0.717, 1.165) is 28.8 Å². The van der Waals surface area contributed by atoms with E-state index >= 15 is 0 Å². The van der Waals surface area contributed by atoms with E-state index in [0.29, 0.717) is 18.1 Å². The summed E-state index contributed by atoms with van der Waals surface area (Å²) in [6, 6.07) is 25.8. The predicted molar refractivity (Wildman–Crippen MR) is 151 cm³/mol. The highest BCUT2D eigenvalue weighted by Gasteiger charge is 2.32. The number of rotatable bonds is 9. The first-order chi connectivity index (χ1) is 19.0. The smallest absolute Gasteiger partial charge is 0.347 e. The van der Waals surface area contributed by atoms with Crippen LogP contribution in [0.15, 0.2) is 88.8 Å². The Morgan fingerprint density at radius 1 is 1.00 bits per heavy atom. The van der Waals surface area contributed by atoms with Crippen LogP contribution in [0.2, 0.25) is 0 Å². The van der Waals surface area contributed by atoms with Crippen molar-refractivity contribution in [2.24, 2.45) is 12.1 Å². The molecular weight excluding hydrogens is 492 g/mol. The molecule has 1 amide bonds. The topological polar surface area (TPSA) is 105 Å². The summed E-state index contributed by atoms with van der Waals surface area (Å²) in [4.78, 5) is 25.2. The van der Waals surface area contributed by atoms with Gasteiger partial charge in [-0.25, -0.2) is 14.5 Å². The van der Waals surface area contributed by atoms with Crippen LogP contribution in [-0.2, 0) is 20.0 Å². The van der Waals surface area contributed by atoms with Crippen molar-refractivity contribution in [2.45, 2.75) is 25.8 Å². The van der Waals surface area contributed by atoms with Gasteiger partial charge < -0.3 is 10.4 Å². The van der Waals surface area contributed by atoms with E-state index in [1.54, 1.807) is 31.3 Å². The Bertz CT molecular complexity index is 1520. The SMILES string of the molecule is CCc1ccc(C2=NN(c3nn(Cc4ccc(C(=O)NCCO)cc4)c(=O)n3C)CC2c2ccccc2)cc1. The number of benzene rings is 3. The maximum absolute atomic E-state index is 13.1. The Balaban J connectivity index is 1.42. The van der Waals surface area contributed by atoms with Crippen molar-refractivity contribution in [3.05, 3.63) is 117 Å². The van der Waals surface area contributed by atoms with E-state index in [1.165, 1.54) is 14.8 Å². The summed E-state index contributed by atoms with van der Waals surface area (Å²) in [6.07, 6.45) is 0.972. The molecule has 0 bridgehead atoms. The zero-order valence-corrected chi connectivity index (χ0v) is 22.1. The van der Waals surface area contributed by atoms with Crippen LogP contribution in [-0.4, -0.2) is 50.8 Å². The van der Waals surface area contributed by atoms with Crippen LogP contribution >= 0.6 is 0 Å². The van der Waals surface area contributed by atoms with E-state index in [9.17, 15) is 9.59 Å². The molecule has 0 aliphatic carbocycles. The lowest BCUT2D eigenvalue weighted by molar-refractivity contribution is 0.0944. The van der Waals surface area contributed by atoms with Gasteiger partial charge >= 0.3 is 5.69 Å². The summed E-state index contributed by atoms with van der Waals surface area (Å²) in [6.45, 7) is 3.04. The van der Waals surface area contributed by atoms with Crippen LogP contribution < -0.4 is 16.0 Å². The van der Waals surface area contributed by atoms with Crippen molar-refractivity contribution >= 4 is 17.6 Å². The number of aliphatic hydroxyl groups excluding tert-OH is 1. The van der Waals surface area contributed by atoms with Crippen molar-refractivity contribution < 1.29 is 9.90 Å². The molecule has 1 unspecified atom stereocenters. The Hall–Kier alpha value is -4.50. The molecule has 200 valence electrons. The average Bonchev–Trinajstić information content (AvgIpc) is 3.54. The lowest BCUT2D eigenvalue weighted by Gasteiger charge is -2.15. The molecule has 3 aromatic carbocycles. The zero-order chi connectivity index (χ0) is 27.4. The largest absolute Gasteiger partial charge is 0.395 e. The fraction of sp³-hybridized carbons (Fsp3) is 0.267. The number of hydrogen-bond donors (Lipinski definition) is 2. The molecule has 1 aliphatic rings. The minimum Gasteiger partial charge on any atom is -0.395 e. The molecule has 0 saturated heterocycles. The zero-order valence-electron chi connectivity index (χ0n) is 22.1. The molecule has 2 N–H and O–H groups in total. The van der Waals surface area contributed by atoms with Crippen LogP contribution in [0, 0.1) is 0 Å². The van der Waals surface area contributed by atoms with Crippen LogP contribution in [0.3, 0.4) is 0 Å². The fourth-order valence-corrected chi connectivity index (χ4v) is 4.76. The molecular formula is C30H32N6O3. The molecule has 2 heterocycles. The standard InChI is InChI=1S/C30H32N6O3/c1-3-21-9-13-24(14-10-21)27-26(23-7-5-4-6-8-23)20-35(32-27)29-33-36(30(39)34(29)2)19-22-11-15-25(16-12-22)28(38)31-17-18-37/h4-16,26,37H,3,17-20H2,1-2H3,(H,31,38). The van der Waals surface area contributed by atoms with Gasteiger partial charge in [0, 0.05) is 25.1 Å². The van der Waals surface area contributed by atoms with Gasteiger partial charge in [0.1, 0.15) is 0 Å². The Morgan fingerprint density at radius 2 is 1.69 bits per heavy atom. The normalized spacial score (nSPS) is 14.9. The second kappa shape index (κ2) is 11.5. The molecule has 9 nitrogen and oxygen atoms in total. The predicted octanol–water partition coefficient (Wildman–Crippen LogP) is 2.92. The van der Waals surface area contributed by atoms with E-state index in [2.05, 4.69) is 53.7 Å². The number of aliphatic hydroxyl groups is 1. The minimum absolute atomic E-state index is 0.0310. The van der Waals surface area contributed by atoms with E-state index in [1.807, 2.05) is 23.2 Å². The van der Waals surface area contributed by atoms with Gasteiger partial charge in [-0.15, -0.1) is 5.10 Å². The third-order valence-electron chi connectivity index (χ3n) is 6.97. The summed E-state index contributed by atoms with van der Waals surface area (Å²) >= 11 is 0. The van der Waals surface area contributed by atoms with E-state index < -0.39 is 0 Å². The van der Waals surface area contributed by atoms with Crippen LogP contribution in [0.4, 0.5) is 5.95 Å². The third kappa shape index (κ3) is 5.53. The second-order valence-electron chi connectivity index (χ2n) is 9.56. The number of anilines is 1. The van der Waals surface area contributed by atoms with Gasteiger partial charge in [-0.05, 0) is 40.8 Å². The number of hydrazone groups is 1. The maximum Gasteiger partial charge on any atom is 0.347 e. The van der Waals surface area contributed by atoms with Gasteiger partial charge in [0.05, 0.1) is 25.4 Å². The van der Waals surface area contributed by atoms with Crippen LogP contribution in [0.5, 0.6) is 0 Å². The fourth-order valence-electron chi connectivity index (χ4n) is 4.76. The number of hydrogen-bond acceptors (Lipinski definition) is 6. The molecule has 1 aromatic heterocycles. The van der Waals surface area contributed by atoms with Gasteiger partial charge in [-0.1, -0.05) is 73.7 Å². The monoisotopic (exact) mass is 524 g/mol. The summed E-state index contributed by atoms with van der Waals surface area (Å²) < 4.78 is 2.93. The molecule has 0 spiro atoms. The van der Waals surface area contributed by atoms with Gasteiger partial charge in [0.2, 0.25) is 5.95 Å². The summed E-state index contributed by atoms with van der Waals surface area (Å²) in [7, 11) is 1.71. The van der Waals surface area contributed by atoms with Crippen LogP contribution in [0.25, 0.3) is 0 Å². The summed E-state index contributed by atoms with van der Waals surface area (Å²) in [5.74, 6) is 0.248. The number of aryl methyl sites for hydroxylation is 1. The highest BCUT2D eigenvalue weighted by Crippen LogP contribution is 2.31. The molecule has 5 rings (SSSR count). The number of aromatic nitrogens is 3. The molecule has 0 fully saturated rings. The molecule has 9 heteroatoms. The number of carbonyl (C=O) groups is 1. The number of carbonyl (C=O) groups excluding carboxylic acids is 1. The van der Waals surface area contributed by atoms with Gasteiger partial charge in [-0.2, -0.15) is 5.10 Å². The lowest BCUT2D eigenvalue weighted by atomic mass is 9.90. The summed E-state index contributed by atoms with van der Waals surface area (Å²) in [5.41, 5.74) is 5.50. The quantitative estimate of drug-likeness (QED) is 0.350. The summed E-state index contributed by atoms with van der Waals surface area (Å²) in [5, 5.41) is 23.0. The first-order valence-corrected chi connectivity index (χ1v) is 13.1. The number of nitrogens with one attached hydrogen (secondary N) is 1. The van der Waals surface area contributed by atoms with E-state index in [-0.39, 0.29) is 37.2 Å². The minimum atomic E-state index is -0.257. The highest BCUT2D eigenvalue weighted by atomic mass is 16.3. The highest BCUT2D eigenvalue weighted by molar-refractivity contribution is 6.07. The number of nitrogens with zero attached hydrogens (tertiary/aromatic N) is 5.